The van der Waals surface area contributed by atoms with Crippen LogP contribution in [0.2, 0.25) is 0 Å². The molecule has 4 heteroatoms. The van der Waals surface area contributed by atoms with Crippen LogP contribution in [0.15, 0.2) is 24.3 Å². The molecule has 3 atom stereocenters. The SMILES string of the molecule is COc1ccccc1CC1CCCN(C[C@@H]2CC[C@@H]2C(=O)O)C1. The zero-order valence-electron chi connectivity index (χ0n) is 13.9. The molecule has 0 aromatic heterocycles. The van der Waals surface area contributed by atoms with Gasteiger partial charge in [-0.2, -0.15) is 0 Å². The Labute approximate surface area is 138 Å². The minimum Gasteiger partial charge on any atom is -0.496 e. The fourth-order valence-corrected chi connectivity index (χ4v) is 4.11. The highest BCUT2D eigenvalue weighted by Gasteiger charge is 2.38. The Hall–Kier alpha value is -1.55. The van der Waals surface area contributed by atoms with Gasteiger partial charge in [-0.1, -0.05) is 18.2 Å². The number of piperidine rings is 1. The van der Waals surface area contributed by atoms with Crippen LogP contribution in [0.5, 0.6) is 5.75 Å². The van der Waals surface area contributed by atoms with Gasteiger partial charge in [-0.3, -0.25) is 4.79 Å². The van der Waals surface area contributed by atoms with E-state index in [4.69, 9.17) is 4.74 Å². The Morgan fingerprint density at radius 1 is 1.30 bits per heavy atom. The van der Waals surface area contributed by atoms with Crippen LogP contribution in [0, 0.1) is 17.8 Å². The number of aliphatic carboxylic acids is 1. The molecule has 3 rings (SSSR count). The number of rotatable bonds is 6. The molecule has 1 aromatic carbocycles. The van der Waals surface area contributed by atoms with E-state index in [1.54, 1.807) is 7.11 Å². The van der Waals surface area contributed by atoms with Crippen LogP contribution >= 0.6 is 0 Å². The van der Waals surface area contributed by atoms with E-state index in [0.29, 0.717) is 11.8 Å². The number of carbonyl (C=O) groups is 1. The molecule has 2 fully saturated rings. The molecule has 0 bridgehead atoms. The second-order valence-corrected chi connectivity index (χ2v) is 7.07. The van der Waals surface area contributed by atoms with Crippen LogP contribution in [0.4, 0.5) is 0 Å². The third-order valence-corrected chi connectivity index (χ3v) is 5.53. The lowest BCUT2D eigenvalue weighted by Crippen LogP contribution is -2.45. The van der Waals surface area contributed by atoms with E-state index in [0.717, 1.165) is 44.6 Å². The summed E-state index contributed by atoms with van der Waals surface area (Å²) in [6.07, 6.45) is 5.45. The van der Waals surface area contributed by atoms with Crippen molar-refractivity contribution >= 4 is 5.97 Å². The van der Waals surface area contributed by atoms with Crippen molar-refractivity contribution < 1.29 is 14.6 Å². The van der Waals surface area contributed by atoms with Gasteiger partial charge in [-0.05, 0) is 62.1 Å². The van der Waals surface area contributed by atoms with Crippen LogP contribution in [-0.4, -0.2) is 42.7 Å². The fourth-order valence-electron chi connectivity index (χ4n) is 4.11. The second-order valence-electron chi connectivity index (χ2n) is 7.07. The van der Waals surface area contributed by atoms with Gasteiger partial charge in [-0.15, -0.1) is 0 Å². The number of benzene rings is 1. The Morgan fingerprint density at radius 2 is 2.13 bits per heavy atom. The second kappa shape index (κ2) is 7.35. The molecule has 1 aliphatic carbocycles. The van der Waals surface area contributed by atoms with Gasteiger partial charge in [0.25, 0.3) is 0 Å². The Balaban J connectivity index is 1.55. The van der Waals surface area contributed by atoms with Crippen LogP contribution in [0.25, 0.3) is 0 Å². The zero-order valence-corrected chi connectivity index (χ0v) is 13.9. The maximum absolute atomic E-state index is 11.2. The molecular weight excluding hydrogens is 290 g/mol. The lowest BCUT2D eigenvalue weighted by Gasteiger charge is -2.40. The summed E-state index contributed by atoms with van der Waals surface area (Å²) in [5, 5.41) is 9.21. The van der Waals surface area contributed by atoms with Crippen molar-refractivity contribution in [2.45, 2.75) is 32.1 Å². The van der Waals surface area contributed by atoms with E-state index < -0.39 is 5.97 Å². The largest absolute Gasteiger partial charge is 0.496 e. The molecule has 2 aliphatic rings. The quantitative estimate of drug-likeness (QED) is 0.876. The van der Waals surface area contributed by atoms with Gasteiger partial charge in [0.15, 0.2) is 0 Å². The molecule has 4 nitrogen and oxygen atoms in total. The number of carboxylic acid groups (broad SMARTS) is 1. The van der Waals surface area contributed by atoms with E-state index in [-0.39, 0.29) is 5.92 Å². The molecule has 1 unspecified atom stereocenters. The molecule has 23 heavy (non-hydrogen) atoms. The first kappa shape index (κ1) is 16.3. The van der Waals surface area contributed by atoms with Crippen molar-refractivity contribution in [3.8, 4) is 5.75 Å². The molecule has 126 valence electrons. The van der Waals surface area contributed by atoms with Gasteiger partial charge in [0, 0.05) is 13.1 Å². The highest BCUT2D eigenvalue weighted by atomic mass is 16.5. The third kappa shape index (κ3) is 3.86. The van der Waals surface area contributed by atoms with Gasteiger partial charge in [0.2, 0.25) is 0 Å². The number of nitrogens with zero attached hydrogens (tertiary/aromatic N) is 1. The minimum absolute atomic E-state index is 0.107. The molecule has 0 spiro atoms. The van der Waals surface area contributed by atoms with Crippen molar-refractivity contribution in [2.75, 3.05) is 26.7 Å². The monoisotopic (exact) mass is 317 g/mol. The van der Waals surface area contributed by atoms with Crippen molar-refractivity contribution in [3.05, 3.63) is 29.8 Å². The fraction of sp³-hybridized carbons (Fsp3) is 0.632. The molecule has 1 heterocycles. The molecule has 0 amide bonds. The third-order valence-electron chi connectivity index (χ3n) is 5.53. The predicted molar refractivity (Wildman–Crippen MR) is 89.7 cm³/mol. The highest BCUT2D eigenvalue weighted by molar-refractivity contribution is 5.71. The van der Waals surface area contributed by atoms with Crippen LogP contribution in [0.3, 0.4) is 0 Å². The molecule has 1 aliphatic heterocycles. The standard InChI is InChI=1S/C19H27NO3/c1-23-18-7-3-2-6-15(18)11-14-5-4-10-20(12-14)13-16-8-9-17(16)19(21)22/h2-3,6-7,14,16-17H,4-5,8-13H2,1H3,(H,21,22)/t14?,16-,17-/m0/s1. The lowest BCUT2D eigenvalue weighted by molar-refractivity contribution is -0.148. The van der Waals surface area contributed by atoms with Crippen molar-refractivity contribution in [1.29, 1.82) is 0 Å². The molecule has 1 aromatic rings. The summed E-state index contributed by atoms with van der Waals surface area (Å²) in [4.78, 5) is 13.7. The number of ether oxygens (including phenoxy) is 1. The predicted octanol–water partition coefficient (Wildman–Crippen LogP) is 3.06. The van der Waals surface area contributed by atoms with Gasteiger partial charge in [-0.25, -0.2) is 0 Å². The number of methoxy groups -OCH3 is 1. The average Bonchev–Trinajstić information content (AvgIpc) is 2.52. The first-order chi connectivity index (χ1) is 11.2. The van der Waals surface area contributed by atoms with Crippen LogP contribution < -0.4 is 4.74 Å². The van der Waals surface area contributed by atoms with Gasteiger partial charge < -0.3 is 14.7 Å². The van der Waals surface area contributed by atoms with Crippen molar-refractivity contribution in [3.63, 3.8) is 0 Å². The highest BCUT2D eigenvalue weighted by Crippen LogP contribution is 2.36. The first-order valence-corrected chi connectivity index (χ1v) is 8.74. The number of hydrogen-bond donors (Lipinski definition) is 1. The Kier molecular flexibility index (Phi) is 5.21. The molecular formula is C19H27NO3. The molecule has 0 radical (unpaired) electrons. The number of carboxylic acids is 1. The average molecular weight is 317 g/mol. The smallest absolute Gasteiger partial charge is 0.306 e. The maximum atomic E-state index is 11.2. The van der Waals surface area contributed by atoms with Crippen LogP contribution in [-0.2, 0) is 11.2 Å². The van der Waals surface area contributed by atoms with E-state index in [1.807, 2.05) is 12.1 Å². The summed E-state index contributed by atoms with van der Waals surface area (Å²) in [7, 11) is 1.73. The number of para-hydroxylation sites is 1. The summed E-state index contributed by atoms with van der Waals surface area (Å²) < 4.78 is 5.47. The number of hydrogen-bond acceptors (Lipinski definition) is 3. The number of likely N-dealkylation sites (tertiary alicyclic amines) is 1. The molecule has 1 N–H and O–H groups in total. The topological polar surface area (TPSA) is 49.8 Å². The van der Waals surface area contributed by atoms with Crippen molar-refractivity contribution in [1.82, 2.24) is 4.90 Å². The Bertz CT molecular complexity index is 545. The van der Waals surface area contributed by atoms with E-state index in [2.05, 4.69) is 17.0 Å². The van der Waals surface area contributed by atoms with E-state index >= 15 is 0 Å². The molecule has 1 saturated carbocycles. The lowest BCUT2D eigenvalue weighted by atomic mass is 9.73. The van der Waals surface area contributed by atoms with E-state index in [1.165, 1.54) is 18.4 Å². The van der Waals surface area contributed by atoms with Crippen molar-refractivity contribution in [2.24, 2.45) is 17.8 Å². The first-order valence-electron chi connectivity index (χ1n) is 8.74. The summed E-state index contributed by atoms with van der Waals surface area (Å²) in [6.45, 7) is 3.16. The maximum Gasteiger partial charge on any atom is 0.306 e. The Morgan fingerprint density at radius 3 is 2.83 bits per heavy atom. The zero-order chi connectivity index (χ0) is 16.2. The summed E-state index contributed by atoms with van der Waals surface area (Å²) in [5.74, 6) is 1.27. The normalized spacial score (nSPS) is 28.1. The summed E-state index contributed by atoms with van der Waals surface area (Å²) in [5.41, 5.74) is 1.29. The van der Waals surface area contributed by atoms with Gasteiger partial charge in [0.05, 0.1) is 13.0 Å². The minimum atomic E-state index is -0.608. The summed E-state index contributed by atoms with van der Waals surface area (Å²) >= 11 is 0. The van der Waals surface area contributed by atoms with Crippen LogP contribution in [0.1, 0.15) is 31.2 Å². The molecule has 1 saturated heterocycles. The summed E-state index contributed by atoms with van der Waals surface area (Å²) in [6, 6.07) is 8.27. The van der Waals surface area contributed by atoms with E-state index in [9.17, 15) is 9.90 Å². The van der Waals surface area contributed by atoms with Gasteiger partial charge in [0.1, 0.15) is 5.75 Å². The van der Waals surface area contributed by atoms with Gasteiger partial charge >= 0.3 is 5.97 Å².